The van der Waals surface area contributed by atoms with Crippen molar-refractivity contribution in [2.24, 2.45) is 11.8 Å². The van der Waals surface area contributed by atoms with Crippen LogP contribution in [0.15, 0.2) is 72.7 Å². The van der Waals surface area contributed by atoms with E-state index in [4.69, 9.17) is 22.2 Å². The molecule has 0 bridgehead atoms. The molecule has 2 aliphatic rings. The largest absolute Gasteiger partial charge is 0.465 e. The molecule has 0 aromatic rings. The summed E-state index contributed by atoms with van der Waals surface area (Å²) in [5, 5.41) is 17.6. The number of aliphatic hydroxyl groups is 1. The first kappa shape index (κ1) is 32.8. The van der Waals surface area contributed by atoms with Gasteiger partial charge in [-0.2, -0.15) is 11.1 Å². The zero-order valence-electron chi connectivity index (χ0n) is 23.1. The van der Waals surface area contributed by atoms with Crippen LogP contribution >= 0.6 is 11.6 Å². The molecule has 0 heterocycles. The van der Waals surface area contributed by atoms with Gasteiger partial charge in [-0.05, 0) is 75.4 Å². The minimum atomic E-state index is -1.03. The summed E-state index contributed by atoms with van der Waals surface area (Å²) in [4.78, 5) is 12.9. The zero-order valence-corrected chi connectivity index (χ0v) is 23.9. The molecule has 0 saturated carbocycles. The van der Waals surface area contributed by atoms with Crippen LogP contribution in [0.5, 0.6) is 0 Å². The molecule has 5 atom stereocenters. The van der Waals surface area contributed by atoms with E-state index in [0.29, 0.717) is 25.3 Å². The Balaban J connectivity index is 2.10. The number of esters is 1. The van der Waals surface area contributed by atoms with E-state index in [9.17, 15) is 9.90 Å². The number of hydrogen-bond donors (Lipinski definition) is 7. The van der Waals surface area contributed by atoms with Crippen LogP contribution < -0.4 is 33.0 Å². The zero-order chi connectivity index (χ0) is 28.5. The molecule has 10 heteroatoms. The molecule has 0 aromatic heterocycles. The normalized spacial score (nSPS) is 21.4. The van der Waals surface area contributed by atoms with Gasteiger partial charge in [0.1, 0.15) is 18.1 Å². The minimum absolute atomic E-state index is 0.0964. The second kappa shape index (κ2) is 18.8. The highest BCUT2D eigenvalue weighted by Gasteiger charge is 2.29. The van der Waals surface area contributed by atoms with Crippen LogP contribution in [0.25, 0.3) is 0 Å². The van der Waals surface area contributed by atoms with Gasteiger partial charge >= 0.3 is 5.97 Å². The van der Waals surface area contributed by atoms with Crippen LogP contribution in [0.3, 0.4) is 0 Å². The van der Waals surface area contributed by atoms with Gasteiger partial charge < -0.3 is 15.2 Å². The Hall–Kier alpha value is -2.40. The van der Waals surface area contributed by atoms with Gasteiger partial charge in [0.2, 0.25) is 0 Å². The number of hydrogen-bond acceptors (Lipinski definition) is 9. The van der Waals surface area contributed by atoms with Crippen molar-refractivity contribution >= 4 is 17.6 Å². The van der Waals surface area contributed by atoms with E-state index in [1.807, 2.05) is 6.08 Å². The fourth-order valence-electron chi connectivity index (χ4n) is 4.81. The number of rotatable bonds is 19. The second-order valence-electron chi connectivity index (χ2n) is 9.84. The third-order valence-electron chi connectivity index (χ3n) is 6.78. The van der Waals surface area contributed by atoms with Gasteiger partial charge in [0.05, 0.1) is 18.0 Å². The van der Waals surface area contributed by atoms with Crippen molar-refractivity contribution < 1.29 is 14.6 Å². The molecule has 0 radical (unpaired) electrons. The van der Waals surface area contributed by atoms with E-state index in [0.717, 1.165) is 44.9 Å². The average molecular weight is 563 g/mol. The Bertz CT molecular complexity index is 903. The Morgan fingerprint density at radius 1 is 1.38 bits per heavy atom. The summed E-state index contributed by atoms with van der Waals surface area (Å²) in [6.07, 6.45) is 21.3. The predicted octanol–water partition coefficient (Wildman–Crippen LogP) is 3.64. The lowest BCUT2D eigenvalue weighted by molar-refractivity contribution is -0.146. The lowest BCUT2D eigenvalue weighted by Gasteiger charge is -2.32. The van der Waals surface area contributed by atoms with Crippen molar-refractivity contribution in [2.45, 2.75) is 88.4 Å². The van der Waals surface area contributed by atoms with Crippen molar-refractivity contribution in [1.29, 1.82) is 0 Å². The summed E-state index contributed by atoms with van der Waals surface area (Å²) in [6.45, 7) is 9.62. The molecular formula is C29H47ClN6O3. The van der Waals surface area contributed by atoms with Crippen LogP contribution in [-0.4, -0.2) is 41.4 Å². The topological polar surface area (TPSA) is 133 Å². The molecule has 2 aliphatic carbocycles. The predicted molar refractivity (Wildman–Crippen MR) is 159 cm³/mol. The molecular weight excluding hydrogens is 516 g/mol. The maximum atomic E-state index is 12.9. The van der Waals surface area contributed by atoms with Gasteiger partial charge in [0.25, 0.3) is 0 Å². The molecule has 0 spiro atoms. The molecule has 39 heavy (non-hydrogen) atoms. The molecule has 2 rings (SSSR count). The summed E-state index contributed by atoms with van der Waals surface area (Å²) < 4.78 is 5.36. The highest BCUT2D eigenvalue weighted by molar-refractivity contribution is 6.21. The van der Waals surface area contributed by atoms with Crippen LogP contribution in [0.4, 0.5) is 0 Å². The lowest BCUT2D eigenvalue weighted by Crippen LogP contribution is -2.56. The second-order valence-corrected chi connectivity index (χ2v) is 10.4. The van der Waals surface area contributed by atoms with Crippen LogP contribution in [0.2, 0.25) is 0 Å². The van der Waals surface area contributed by atoms with Gasteiger partial charge in [-0.1, -0.05) is 62.1 Å². The van der Waals surface area contributed by atoms with Crippen molar-refractivity contribution in [3.8, 4) is 0 Å². The number of allylic oxidation sites excluding steroid dienone is 9. The molecule has 9 nitrogen and oxygen atoms in total. The molecule has 0 aliphatic heterocycles. The van der Waals surface area contributed by atoms with Gasteiger partial charge in [0.15, 0.2) is 0 Å². The first-order valence-corrected chi connectivity index (χ1v) is 14.3. The highest BCUT2D eigenvalue weighted by atomic mass is 35.5. The number of nitrogens with one attached hydrogen (secondary N) is 5. The van der Waals surface area contributed by atoms with Crippen LogP contribution in [0, 0.1) is 5.92 Å². The number of halogens is 1. The number of nitrogens with two attached hydrogens (primary N) is 1. The number of carbonyl (C=O) groups is 1. The van der Waals surface area contributed by atoms with E-state index in [-0.39, 0.29) is 17.3 Å². The summed E-state index contributed by atoms with van der Waals surface area (Å²) in [7, 11) is 0. The SMILES string of the molecule is C=C/C=C\CCCCC(NC(C[C@H]1C=CC(C2=C[C@H](Cl)CCC2)=CC1)C(O)NC(=C)NNNN)C(=O)OCC. The summed E-state index contributed by atoms with van der Waals surface area (Å²) in [6, 6.07) is -1.01. The highest BCUT2D eigenvalue weighted by Crippen LogP contribution is 2.31. The summed E-state index contributed by atoms with van der Waals surface area (Å²) >= 11 is 6.36. The fourth-order valence-corrected chi connectivity index (χ4v) is 5.11. The van der Waals surface area contributed by atoms with Gasteiger partial charge in [-0.3, -0.25) is 21.4 Å². The van der Waals surface area contributed by atoms with Crippen molar-refractivity contribution in [3.05, 3.63) is 72.7 Å². The maximum Gasteiger partial charge on any atom is 0.323 e. The van der Waals surface area contributed by atoms with Crippen LogP contribution in [0.1, 0.15) is 64.7 Å². The van der Waals surface area contributed by atoms with E-state index < -0.39 is 18.3 Å². The van der Waals surface area contributed by atoms with Crippen molar-refractivity contribution in [1.82, 2.24) is 27.1 Å². The molecule has 218 valence electrons. The number of aliphatic hydroxyl groups excluding tert-OH is 1. The molecule has 0 amide bonds. The van der Waals surface area contributed by atoms with Gasteiger partial charge in [-0.25, -0.2) is 0 Å². The lowest BCUT2D eigenvalue weighted by atomic mass is 9.85. The standard InChI is InChI=1S/C29H47ClN6O3/c1-4-6-7-8-9-10-14-26(29(38)39-5-2)33-27(28(37)32-21(3)34-36-35-31)19-22-15-17-23(18-16-22)24-12-11-13-25(30)20-24/h4,6-7,15,17-18,20,22,25-28,32-37H,1,3,5,8-14,16,19,31H2,2H3/b7-6-/t22-,25+,26?,27?,28?/m0/s1. The first-order chi connectivity index (χ1) is 18.9. The number of unbranched alkanes of at least 4 members (excludes halogenated alkanes) is 2. The van der Waals surface area contributed by atoms with Crippen molar-refractivity contribution in [2.75, 3.05) is 6.61 Å². The molecule has 0 aromatic carbocycles. The van der Waals surface area contributed by atoms with E-state index in [1.54, 1.807) is 13.0 Å². The van der Waals surface area contributed by atoms with Gasteiger partial charge in [-0.15, -0.1) is 11.6 Å². The number of alkyl halides is 1. The molecule has 0 fully saturated rings. The fraction of sp³-hybridized carbons (Fsp3) is 0.552. The monoisotopic (exact) mass is 562 g/mol. The number of hydrazine groups is 3. The Morgan fingerprint density at radius 3 is 2.87 bits per heavy atom. The summed E-state index contributed by atoms with van der Waals surface area (Å²) in [5.74, 6) is 5.40. The minimum Gasteiger partial charge on any atom is -0.465 e. The molecule has 8 N–H and O–H groups in total. The quantitative estimate of drug-likeness (QED) is 0.0240. The summed E-state index contributed by atoms with van der Waals surface area (Å²) in [5.41, 5.74) is 9.98. The first-order valence-electron chi connectivity index (χ1n) is 13.9. The number of ether oxygens (including phenoxy) is 1. The Kier molecular flexibility index (Phi) is 15.8. The van der Waals surface area contributed by atoms with Crippen LogP contribution in [-0.2, 0) is 9.53 Å². The van der Waals surface area contributed by atoms with Crippen molar-refractivity contribution in [3.63, 3.8) is 0 Å². The maximum absolute atomic E-state index is 12.9. The molecule has 3 unspecified atom stereocenters. The third kappa shape index (κ3) is 12.5. The third-order valence-corrected chi connectivity index (χ3v) is 7.13. The van der Waals surface area contributed by atoms with E-state index in [2.05, 4.69) is 70.7 Å². The van der Waals surface area contributed by atoms with Gasteiger partial charge in [0, 0.05) is 0 Å². The van der Waals surface area contributed by atoms with E-state index in [1.165, 1.54) is 11.1 Å². The number of carbonyl (C=O) groups excluding carboxylic acids is 1. The smallest absolute Gasteiger partial charge is 0.323 e. The van der Waals surface area contributed by atoms with E-state index >= 15 is 0 Å². The Labute approximate surface area is 238 Å². The average Bonchev–Trinajstić information content (AvgIpc) is 2.93. The Morgan fingerprint density at radius 2 is 2.21 bits per heavy atom. The molecule has 0 saturated heterocycles.